The van der Waals surface area contributed by atoms with Crippen molar-refractivity contribution in [1.82, 2.24) is 0 Å². The third-order valence-corrected chi connectivity index (χ3v) is 4.19. The molecule has 1 aromatic carbocycles. The number of nitrogen functional groups attached to an aromatic ring is 1. The second-order valence-corrected chi connectivity index (χ2v) is 5.66. The molecule has 0 aliphatic heterocycles. The van der Waals surface area contributed by atoms with Gasteiger partial charge < -0.3 is 20.8 Å². The first-order chi connectivity index (χ1) is 9.67. The number of nitrogens with zero attached hydrogens (tertiary/aromatic N) is 1. The maximum atomic E-state index is 9.13. The molecule has 0 radical (unpaired) electrons. The highest BCUT2D eigenvalue weighted by atomic mass is 35.5. The molecule has 0 saturated heterocycles. The molecule has 0 amide bonds. The normalized spacial score (nSPS) is 10.8. The summed E-state index contributed by atoms with van der Waals surface area (Å²) in [5.41, 5.74) is 8.34. The van der Waals surface area contributed by atoms with Gasteiger partial charge in [0.1, 0.15) is 0 Å². The van der Waals surface area contributed by atoms with E-state index in [2.05, 4.69) is 0 Å². The van der Waals surface area contributed by atoms with E-state index in [1.165, 1.54) is 0 Å². The molecule has 1 aromatic heterocycles. The molecule has 0 unspecified atom stereocenters. The Kier molecular flexibility index (Phi) is 5.25. The van der Waals surface area contributed by atoms with E-state index >= 15 is 0 Å². The second-order valence-electron chi connectivity index (χ2n) is 4.30. The van der Waals surface area contributed by atoms with Crippen molar-refractivity contribution in [1.29, 1.82) is 0 Å². The molecule has 0 aliphatic rings. The summed E-state index contributed by atoms with van der Waals surface area (Å²) >= 11 is 7.85. The molecule has 0 spiro atoms. The minimum atomic E-state index is -0.00492. The molecular formula is C14H17ClN2O2S. The molecular weight excluding hydrogens is 296 g/mol. The first-order valence-corrected chi connectivity index (χ1v) is 7.52. The molecule has 2 aromatic rings. The van der Waals surface area contributed by atoms with Crippen molar-refractivity contribution in [3.05, 3.63) is 34.7 Å². The van der Waals surface area contributed by atoms with Crippen molar-refractivity contribution >= 4 is 34.3 Å². The fourth-order valence-corrected chi connectivity index (χ4v) is 3.12. The second kappa shape index (κ2) is 6.95. The highest BCUT2D eigenvalue weighted by molar-refractivity contribution is 7.13. The van der Waals surface area contributed by atoms with Gasteiger partial charge in [-0.2, -0.15) is 0 Å². The molecule has 20 heavy (non-hydrogen) atoms. The van der Waals surface area contributed by atoms with Gasteiger partial charge in [-0.15, -0.1) is 11.3 Å². The minimum absolute atomic E-state index is 0.00492. The van der Waals surface area contributed by atoms with Gasteiger partial charge in [-0.3, -0.25) is 0 Å². The van der Waals surface area contributed by atoms with Crippen LogP contribution in [0.5, 0.6) is 0 Å². The van der Waals surface area contributed by atoms with Crippen LogP contribution >= 0.6 is 22.9 Å². The Morgan fingerprint density at radius 1 is 1.20 bits per heavy atom. The number of hydrogen-bond donors (Lipinski definition) is 3. The number of nitrogens with two attached hydrogens (primary N) is 1. The van der Waals surface area contributed by atoms with Gasteiger partial charge in [-0.25, -0.2) is 0 Å². The van der Waals surface area contributed by atoms with Gasteiger partial charge in [0.25, 0.3) is 0 Å². The summed E-state index contributed by atoms with van der Waals surface area (Å²) in [5, 5.41) is 20.8. The Labute approximate surface area is 127 Å². The first-order valence-electron chi connectivity index (χ1n) is 6.27. The number of aliphatic hydroxyl groups is 2. The molecule has 6 heteroatoms. The number of aliphatic hydroxyl groups excluding tert-OH is 2. The lowest BCUT2D eigenvalue weighted by atomic mass is 10.1. The fourth-order valence-electron chi connectivity index (χ4n) is 2.06. The van der Waals surface area contributed by atoms with E-state index in [9.17, 15) is 0 Å². The van der Waals surface area contributed by atoms with Crippen LogP contribution in [0.4, 0.5) is 11.4 Å². The minimum Gasteiger partial charge on any atom is -0.398 e. The van der Waals surface area contributed by atoms with Crippen LogP contribution in [0.1, 0.15) is 0 Å². The fraction of sp³-hybridized carbons (Fsp3) is 0.286. The molecule has 108 valence electrons. The topological polar surface area (TPSA) is 69.7 Å². The lowest BCUT2D eigenvalue weighted by Crippen LogP contribution is -2.30. The molecule has 0 aliphatic carbocycles. The van der Waals surface area contributed by atoms with E-state index in [1.54, 1.807) is 17.4 Å². The Hall–Kier alpha value is -1.27. The van der Waals surface area contributed by atoms with Crippen LogP contribution in [0.3, 0.4) is 0 Å². The number of anilines is 2. The SMILES string of the molecule is Nc1cc(Cl)c(N(CCO)CCO)cc1-c1cccs1. The molecule has 0 fully saturated rings. The van der Waals surface area contributed by atoms with Gasteiger partial charge >= 0.3 is 0 Å². The van der Waals surface area contributed by atoms with Crippen molar-refractivity contribution in [2.24, 2.45) is 0 Å². The van der Waals surface area contributed by atoms with Crippen LogP contribution in [0.15, 0.2) is 29.6 Å². The van der Waals surface area contributed by atoms with Gasteiger partial charge in [0.2, 0.25) is 0 Å². The summed E-state index contributed by atoms with van der Waals surface area (Å²) in [4.78, 5) is 2.91. The summed E-state index contributed by atoms with van der Waals surface area (Å²) in [6, 6.07) is 7.59. The average molecular weight is 313 g/mol. The number of rotatable bonds is 6. The van der Waals surface area contributed by atoms with E-state index < -0.39 is 0 Å². The monoisotopic (exact) mass is 312 g/mol. The quantitative estimate of drug-likeness (QED) is 0.717. The van der Waals surface area contributed by atoms with Gasteiger partial charge in [-0.05, 0) is 23.6 Å². The largest absolute Gasteiger partial charge is 0.398 e. The molecule has 0 atom stereocenters. The summed E-state index contributed by atoms with van der Waals surface area (Å²) in [6.07, 6.45) is 0. The zero-order valence-corrected chi connectivity index (χ0v) is 12.5. The average Bonchev–Trinajstić information content (AvgIpc) is 2.92. The summed E-state index contributed by atoms with van der Waals surface area (Å²) in [5.74, 6) is 0. The van der Waals surface area contributed by atoms with E-state index in [1.807, 2.05) is 28.5 Å². The van der Waals surface area contributed by atoms with Crippen LogP contribution in [0, 0.1) is 0 Å². The van der Waals surface area contributed by atoms with Crippen molar-refractivity contribution < 1.29 is 10.2 Å². The Morgan fingerprint density at radius 3 is 2.45 bits per heavy atom. The predicted molar refractivity (Wildman–Crippen MR) is 85.6 cm³/mol. The van der Waals surface area contributed by atoms with E-state index in [0.717, 1.165) is 16.1 Å². The van der Waals surface area contributed by atoms with E-state index in [0.29, 0.717) is 23.8 Å². The highest BCUT2D eigenvalue weighted by Crippen LogP contribution is 2.37. The predicted octanol–water partition coefficient (Wildman–Crippen LogP) is 2.44. The van der Waals surface area contributed by atoms with Crippen molar-refractivity contribution in [3.8, 4) is 10.4 Å². The Morgan fingerprint density at radius 2 is 1.90 bits per heavy atom. The van der Waals surface area contributed by atoms with Gasteiger partial charge in [-0.1, -0.05) is 17.7 Å². The van der Waals surface area contributed by atoms with Crippen LogP contribution in [0.2, 0.25) is 5.02 Å². The lowest BCUT2D eigenvalue weighted by Gasteiger charge is -2.25. The molecule has 4 N–H and O–H groups in total. The van der Waals surface area contributed by atoms with Gasteiger partial charge in [0.15, 0.2) is 0 Å². The standard InChI is InChI=1S/C14H17ClN2O2S/c15-11-9-12(16)10(14-2-1-7-20-14)8-13(11)17(3-5-18)4-6-19/h1-2,7-9,18-19H,3-6,16H2. The number of benzene rings is 1. The Balaban J connectivity index is 2.44. The van der Waals surface area contributed by atoms with Crippen LogP contribution < -0.4 is 10.6 Å². The number of thiophene rings is 1. The van der Waals surface area contributed by atoms with Gasteiger partial charge in [0, 0.05) is 29.2 Å². The summed E-state index contributed by atoms with van der Waals surface area (Å²) in [6.45, 7) is 0.812. The molecule has 0 saturated carbocycles. The highest BCUT2D eigenvalue weighted by Gasteiger charge is 2.14. The van der Waals surface area contributed by atoms with Gasteiger partial charge in [0.05, 0.1) is 23.9 Å². The van der Waals surface area contributed by atoms with Crippen LogP contribution in [-0.2, 0) is 0 Å². The van der Waals surface area contributed by atoms with Crippen LogP contribution in [0.25, 0.3) is 10.4 Å². The molecule has 2 rings (SSSR count). The lowest BCUT2D eigenvalue weighted by molar-refractivity contribution is 0.281. The number of halogens is 1. The zero-order chi connectivity index (χ0) is 14.5. The first kappa shape index (κ1) is 15.1. The third kappa shape index (κ3) is 3.24. The maximum Gasteiger partial charge on any atom is 0.0660 e. The van der Waals surface area contributed by atoms with E-state index in [4.69, 9.17) is 27.5 Å². The zero-order valence-electron chi connectivity index (χ0n) is 10.9. The Bertz CT molecular complexity index is 555. The summed E-state index contributed by atoms with van der Waals surface area (Å²) in [7, 11) is 0. The van der Waals surface area contributed by atoms with E-state index in [-0.39, 0.29) is 13.2 Å². The molecule has 0 bridgehead atoms. The third-order valence-electron chi connectivity index (χ3n) is 2.99. The molecule has 1 heterocycles. The molecule has 4 nitrogen and oxygen atoms in total. The van der Waals surface area contributed by atoms with Crippen molar-refractivity contribution in [2.75, 3.05) is 36.9 Å². The van der Waals surface area contributed by atoms with Crippen molar-refractivity contribution in [2.45, 2.75) is 0 Å². The number of hydrogen-bond acceptors (Lipinski definition) is 5. The smallest absolute Gasteiger partial charge is 0.0660 e. The van der Waals surface area contributed by atoms with Crippen molar-refractivity contribution in [3.63, 3.8) is 0 Å². The van der Waals surface area contributed by atoms with Crippen LogP contribution in [-0.4, -0.2) is 36.5 Å². The maximum absolute atomic E-state index is 9.13. The summed E-state index contributed by atoms with van der Waals surface area (Å²) < 4.78 is 0.